The highest BCUT2D eigenvalue weighted by atomic mass is 16.5. The van der Waals surface area contributed by atoms with Crippen LogP contribution in [0.3, 0.4) is 0 Å². The Labute approximate surface area is 96.0 Å². The highest BCUT2D eigenvalue weighted by Gasteiger charge is 2.30. The lowest BCUT2D eigenvalue weighted by molar-refractivity contribution is -0.111. The van der Waals surface area contributed by atoms with Crippen molar-refractivity contribution in [3.63, 3.8) is 0 Å². The van der Waals surface area contributed by atoms with Gasteiger partial charge >= 0.3 is 0 Å². The van der Waals surface area contributed by atoms with Gasteiger partial charge in [0.05, 0.1) is 5.54 Å². The Kier molecular flexibility index (Phi) is 3.85. The zero-order valence-electron chi connectivity index (χ0n) is 9.68. The molecule has 1 atom stereocenters. The summed E-state index contributed by atoms with van der Waals surface area (Å²) in [5.74, 6) is -0.412. The Morgan fingerprint density at radius 1 is 1.50 bits per heavy atom. The number of carbonyl (C=O) groups is 1. The van der Waals surface area contributed by atoms with Crippen LogP contribution in [0.1, 0.15) is 30.6 Å². The molecule has 1 amide bonds. The number of benzene rings is 1. The molecule has 1 aromatic rings. The minimum Gasteiger partial charge on any atom is -0.285 e. The average molecular weight is 219 g/mol. The van der Waals surface area contributed by atoms with Gasteiger partial charge in [-0.1, -0.05) is 31.2 Å². The third-order valence-electron chi connectivity index (χ3n) is 2.85. The topological polar surface area (TPSA) is 40.5 Å². The lowest BCUT2D eigenvalue weighted by atomic mass is 9.98. The Balaban J connectivity index is 2.95. The fourth-order valence-corrected chi connectivity index (χ4v) is 1.32. The molecule has 86 valence electrons. The van der Waals surface area contributed by atoms with Crippen molar-refractivity contribution in [1.82, 2.24) is 5.06 Å². The van der Waals surface area contributed by atoms with Crippen molar-refractivity contribution in [3.05, 3.63) is 48.6 Å². The van der Waals surface area contributed by atoms with E-state index in [-0.39, 0.29) is 0 Å². The first kappa shape index (κ1) is 12.5. The molecular formula is C13H17NO2. The highest BCUT2D eigenvalue weighted by Crippen LogP contribution is 2.20. The van der Waals surface area contributed by atoms with Gasteiger partial charge in [-0.15, -0.1) is 6.58 Å². The van der Waals surface area contributed by atoms with Crippen molar-refractivity contribution in [1.29, 1.82) is 0 Å². The van der Waals surface area contributed by atoms with Crippen LogP contribution in [0.4, 0.5) is 0 Å². The summed E-state index contributed by atoms with van der Waals surface area (Å²) < 4.78 is 0. The van der Waals surface area contributed by atoms with Crippen LogP contribution in [-0.2, 0) is 0 Å². The summed E-state index contributed by atoms with van der Waals surface area (Å²) in [6.45, 7) is 7.30. The normalized spacial score (nSPS) is 13.9. The lowest BCUT2D eigenvalue weighted by Crippen LogP contribution is -2.45. The number of amides is 1. The number of nitrogens with zero attached hydrogens (tertiary/aromatic N) is 1. The second-order valence-electron chi connectivity index (χ2n) is 3.90. The van der Waals surface area contributed by atoms with Gasteiger partial charge in [-0.25, -0.2) is 5.06 Å². The fraction of sp³-hybridized carbons (Fsp3) is 0.308. The summed E-state index contributed by atoms with van der Waals surface area (Å²) >= 11 is 0. The van der Waals surface area contributed by atoms with Gasteiger partial charge in [-0.05, 0) is 25.5 Å². The highest BCUT2D eigenvalue weighted by molar-refractivity contribution is 5.93. The molecule has 3 nitrogen and oxygen atoms in total. The van der Waals surface area contributed by atoms with Crippen LogP contribution >= 0.6 is 0 Å². The monoisotopic (exact) mass is 219 g/mol. The summed E-state index contributed by atoms with van der Waals surface area (Å²) in [7, 11) is 0. The van der Waals surface area contributed by atoms with E-state index >= 15 is 0 Å². The van der Waals surface area contributed by atoms with Crippen molar-refractivity contribution in [2.45, 2.75) is 25.8 Å². The summed E-state index contributed by atoms with van der Waals surface area (Å²) in [6, 6.07) is 8.69. The molecule has 1 unspecified atom stereocenters. The van der Waals surface area contributed by atoms with Gasteiger partial charge in [-0.2, -0.15) is 0 Å². The molecule has 0 fully saturated rings. The minimum absolute atomic E-state index is 0.412. The number of hydrogen-bond acceptors (Lipinski definition) is 2. The zero-order chi connectivity index (χ0) is 12.2. The van der Waals surface area contributed by atoms with E-state index in [1.165, 1.54) is 0 Å². The molecule has 0 saturated heterocycles. The maximum absolute atomic E-state index is 11.9. The Morgan fingerprint density at radius 3 is 2.50 bits per heavy atom. The lowest BCUT2D eigenvalue weighted by Gasteiger charge is -2.32. The van der Waals surface area contributed by atoms with E-state index in [0.29, 0.717) is 12.0 Å². The number of hydroxylamine groups is 2. The standard InChI is InChI=1S/C13H17NO2/c1-4-13(3,5-2)14(16)12(15)11-9-7-6-8-10-11/h4,6-10,16H,1,5H2,2-3H3. The Hall–Kier alpha value is -1.61. The molecule has 0 saturated carbocycles. The predicted octanol–water partition coefficient (Wildman–Crippen LogP) is 2.87. The second-order valence-corrected chi connectivity index (χ2v) is 3.90. The molecule has 0 radical (unpaired) electrons. The number of rotatable bonds is 4. The molecule has 1 aromatic carbocycles. The van der Waals surface area contributed by atoms with E-state index in [0.717, 1.165) is 5.06 Å². The van der Waals surface area contributed by atoms with E-state index in [2.05, 4.69) is 6.58 Å². The third kappa shape index (κ3) is 2.31. The Bertz CT molecular complexity index is 375. The molecule has 16 heavy (non-hydrogen) atoms. The maximum Gasteiger partial charge on any atom is 0.278 e. The summed E-state index contributed by atoms with van der Waals surface area (Å²) in [6.07, 6.45) is 2.18. The smallest absolute Gasteiger partial charge is 0.278 e. The molecular weight excluding hydrogens is 202 g/mol. The van der Waals surface area contributed by atoms with Crippen LogP contribution in [0.25, 0.3) is 0 Å². The molecule has 1 rings (SSSR count). The first-order valence-corrected chi connectivity index (χ1v) is 5.27. The molecule has 0 bridgehead atoms. The first-order chi connectivity index (χ1) is 7.55. The molecule has 3 heteroatoms. The van der Waals surface area contributed by atoms with Gasteiger partial charge in [0.2, 0.25) is 0 Å². The van der Waals surface area contributed by atoms with Gasteiger partial charge in [0.15, 0.2) is 0 Å². The average Bonchev–Trinajstić information content (AvgIpc) is 2.37. The molecule has 0 spiro atoms. The quantitative estimate of drug-likeness (QED) is 0.480. The van der Waals surface area contributed by atoms with Gasteiger partial charge in [0.1, 0.15) is 0 Å². The van der Waals surface area contributed by atoms with Crippen molar-refractivity contribution >= 4 is 5.91 Å². The van der Waals surface area contributed by atoms with Crippen LogP contribution in [-0.4, -0.2) is 21.7 Å². The van der Waals surface area contributed by atoms with Crippen molar-refractivity contribution in [2.75, 3.05) is 0 Å². The molecule has 0 aliphatic carbocycles. The van der Waals surface area contributed by atoms with E-state index in [1.54, 1.807) is 37.3 Å². The van der Waals surface area contributed by atoms with E-state index in [1.807, 2.05) is 13.0 Å². The second kappa shape index (κ2) is 4.94. The maximum atomic E-state index is 11.9. The van der Waals surface area contributed by atoms with Crippen LogP contribution in [0, 0.1) is 0 Å². The number of carbonyl (C=O) groups excluding carboxylic acids is 1. The summed E-state index contributed by atoms with van der Waals surface area (Å²) in [4.78, 5) is 11.9. The van der Waals surface area contributed by atoms with Gasteiger partial charge < -0.3 is 0 Å². The van der Waals surface area contributed by atoms with E-state index in [9.17, 15) is 10.0 Å². The molecule has 1 N–H and O–H groups in total. The zero-order valence-corrected chi connectivity index (χ0v) is 9.68. The summed E-state index contributed by atoms with van der Waals surface area (Å²) in [5.41, 5.74) is -0.265. The third-order valence-corrected chi connectivity index (χ3v) is 2.85. The SMILES string of the molecule is C=CC(C)(CC)N(O)C(=O)c1ccccc1. The molecule has 0 heterocycles. The van der Waals surface area contributed by atoms with Crippen LogP contribution in [0.5, 0.6) is 0 Å². The number of hydrogen-bond donors (Lipinski definition) is 1. The van der Waals surface area contributed by atoms with E-state index in [4.69, 9.17) is 0 Å². The Morgan fingerprint density at radius 2 is 2.06 bits per heavy atom. The van der Waals surface area contributed by atoms with Gasteiger partial charge in [0, 0.05) is 5.56 Å². The van der Waals surface area contributed by atoms with Crippen molar-refractivity contribution < 1.29 is 10.0 Å². The van der Waals surface area contributed by atoms with Crippen LogP contribution < -0.4 is 0 Å². The fourth-order valence-electron chi connectivity index (χ4n) is 1.32. The first-order valence-electron chi connectivity index (χ1n) is 5.27. The van der Waals surface area contributed by atoms with Gasteiger partial charge in [0.25, 0.3) is 5.91 Å². The van der Waals surface area contributed by atoms with Crippen LogP contribution in [0.2, 0.25) is 0 Å². The molecule has 0 aliphatic heterocycles. The van der Waals surface area contributed by atoms with Crippen molar-refractivity contribution in [3.8, 4) is 0 Å². The predicted molar refractivity (Wildman–Crippen MR) is 63.3 cm³/mol. The summed E-state index contributed by atoms with van der Waals surface area (Å²) in [5, 5.41) is 10.6. The molecule has 0 aliphatic rings. The van der Waals surface area contributed by atoms with E-state index < -0.39 is 11.4 Å². The van der Waals surface area contributed by atoms with Crippen LogP contribution in [0.15, 0.2) is 43.0 Å². The largest absolute Gasteiger partial charge is 0.285 e. The van der Waals surface area contributed by atoms with Crippen molar-refractivity contribution in [2.24, 2.45) is 0 Å². The van der Waals surface area contributed by atoms with Gasteiger partial charge in [-0.3, -0.25) is 10.0 Å². The minimum atomic E-state index is -0.729. The molecule has 0 aromatic heterocycles.